The van der Waals surface area contributed by atoms with Gasteiger partial charge in [-0.05, 0) is 12.1 Å². The number of carbonyl (C=O) groups is 2. The van der Waals surface area contributed by atoms with Crippen LogP contribution in [0.4, 0.5) is 10.1 Å². The average molecular weight is 194 g/mol. The van der Waals surface area contributed by atoms with Crippen LogP contribution in [0.15, 0.2) is 12.1 Å². The molecule has 1 heterocycles. The first kappa shape index (κ1) is 8.68. The predicted molar refractivity (Wildman–Crippen MR) is 47.3 cm³/mol. The molecule has 0 saturated carbocycles. The SMILES string of the molecule is O=CNc1cc(F)cc2c1CNC2=O. The van der Waals surface area contributed by atoms with Crippen LogP contribution >= 0.6 is 0 Å². The van der Waals surface area contributed by atoms with E-state index in [0.717, 1.165) is 6.07 Å². The van der Waals surface area contributed by atoms with Gasteiger partial charge in [0.05, 0.1) is 0 Å². The van der Waals surface area contributed by atoms with E-state index in [1.54, 1.807) is 0 Å². The Balaban J connectivity index is 2.56. The van der Waals surface area contributed by atoms with Crippen LogP contribution in [0.1, 0.15) is 15.9 Å². The van der Waals surface area contributed by atoms with Crippen LogP contribution in [0.25, 0.3) is 0 Å². The number of hydrogen-bond acceptors (Lipinski definition) is 2. The Kier molecular flexibility index (Phi) is 1.92. The van der Waals surface area contributed by atoms with Gasteiger partial charge in [0, 0.05) is 23.4 Å². The van der Waals surface area contributed by atoms with Gasteiger partial charge < -0.3 is 10.6 Å². The lowest BCUT2D eigenvalue weighted by Crippen LogP contribution is -2.12. The topological polar surface area (TPSA) is 58.2 Å². The van der Waals surface area contributed by atoms with E-state index in [9.17, 15) is 14.0 Å². The second-order valence-corrected chi connectivity index (χ2v) is 2.92. The number of amides is 2. The number of benzene rings is 1. The number of hydrogen-bond donors (Lipinski definition) is 2. The Hall–Kier alpha value is -1.91. The van der Waals surface area contributed by atoms with Crippen molar-refractivity contribution in [2.45, 2.75) is 6.54 Å². The summed E-state index contributed by atoms with van der Waals surface area (Å²) in [6.45, 7) is 0.324. The molecule has 1 aromatic carbocycles. The van der Waals surface area contributed by atoms with Crippen molar-refractivity contribution in [3.8, 4) is 0 Å². The minimum Gasteiger partial charge on any atom is -0.348 e. The average Bonchev–Trinajstić information content (AvgIpc) is 2.49. The zero-order valence-electron chi connectivity index (χ0n) is 7.13. The molecule has 1 aliphatic rings. The summed E-state index contributed by atoms with van der Waals surface area (Å²) >= 11 is 0. The fourth-order valence-corrected chi connectivity index (χ4v) is 1.49. The first-order valence-electron chi connectivity index (χ1n) is 4.03. The van der Waals surface area contributed by atoms with Crippen LogP contribution in [0, 0.1) is 5.82 Å². The molecule has 72 valence electrons. The van der Waals surface area contributed by atoms with Gasteiger partial charge in [-0.3, -0.25) is 9.59 Å². The quantitative estimate of drug-likeness (QED) is 0.678. The van der Waals surface area contributed by atoms with E-state index in [0.29, 0.717) is 24.2 Å². The lowest BCUT2D eigenvalue weighted by atomic mass is 10.1. The van der Waals surface area contributed by atoms with E-state index < -0.39 is 5.82 Å². The summed E-state index contributed by atoms with van der Waals surface area (Å²) in [7, 11) is 0. The number of anilines is 1. The Morgan fingerprint density at radius 2 is 2.29 bits per heavy atom. The molecule has 14 heavy (non-hydrogen) atoms. The van der Waals surface area contributed by atoms with E-state index in [1.165, 1.54) is 6.07 Å². The van der Waals surface area contributed by atoms with Crippen molar-refractivity contribution in [2.75, 3.05) is 5.32 Å². The Bertz CT molecular complexity index is 418. The lowest BCUT2D eigenvalue weighted by molar-refractivity contribution is -0.105. The first-order chi connectivity index (χ1) is 6.72. The van der Waals surface area contributed by atoms with Gasteiger partial charge in [0.2, 0.25) is 6.41 Å². The molecule has 0 atom stereocenters. The zero-order valence-corrected chi connectivity index (χ0v) is 7.13. The first-order valence-corrected chi connectivity index (χ1v) is 4.03. The molecule has 0 aliphatic carbocycles. The number of rotatable bonds is 2. The minimum atomic E-state index is -0.537. The number of fused-ring (bicyclic) bond motifs is 1. The summed E-state index contributed by atoms with van der Waals surface area (Å²) in [4.78, 5) is 21.4. The summed E-state index contributed by atoms with van der Waals surface area (Å²) in [5, 5.41) is 4.91. The van der Waals surface area contributed by atoms with Crippen molar-refractivity contribution in [1.29, 1.82) is 0 Å². The van der Waals surface area contributed by atoms with E-state index in [2.05, 4.69) is 10.6 Å². The minimum absolute atomic E-state index is 0.286. The molecule has 0 unspecified atom stereocenters. The molecule has 5 heteroatoms. The van der Waals surface area contributed by atoms with Crippen molar-refractivity contribution in [1.82, 2.24) is 5.32 Å². The fraction of sp³-hybridized carbons (Fsp3) is 0.111. The van der Waals surface area contributed by atoms with Gasteiger partial charge in [-0.1, -0.05) is 0 Å². The maximum Gasteiger partial charge on any atom is 0.252 e. The molecule has 0 aromatic heterocycles. The van der Waals surface area contributed by atoms with Crippen molar-refractivity contribution in [3.05, 3.63) is 29.1 Å². The Morgan fingerprint density at radius 1 is 1.50 bits per heavy atom. The van der Waals surface area contributed by atoms with Crippen LogP contribution < -0.4 is 10.6 Å². The number of nitrogens with one attached hydrogen (secondary N) is 2. The van der Waals surface area contributed by atoms with Gasteiger partial charge in [0.1, 0.15) is 5.82 Å². The van der Waals surface area contributed by atoms with Crippen LogP contribution in [0.2, 0.25) is 0 Å². The summed E-state index contributed by atoms with van der Waals surface area (Å²) in [6, 6.07) is 2.35. The zero-order chi connectivity index (χ0) is 10.1. The smallest absolute Gasteiger partial charge is 0.252 e. The third-order valence-corrected chi connectivity index (χ3v) is 2.10. The summed E-state index contributed by atoms with van der Waals surface area (Å²) in [6.07, 6.45) is 0.456. The molecule has 2 rings (SSSR count). The molecule has 1 aliphatic heterocycles. The molecule has 0 spiro atoms. The second-order valence-electron chi connectivity index (χ2n) is 2.92. The maximum absolute atomic E-state index is 13.0. The van der Waals surface area contributed by atoms with Crippen molar-refractivity contribution < 1.29 is 14.0 Å². The largest absolute Gasteiger partial charge is 0.348 e. The fourth-order valence-electron chi connectivity index (χ4n) is 1.49. The van der Waals surface area contributed by atoms with Gasteiger partial charge in [0.15, 0.2) is 0 Å². The van der Waals surface area contributed by atoms with Crippen LogP contribution in [0.3, 0.4) is 0 Å². The molecule has 2 amide bonds. The normalized spacial score (nSPS) is 13.4. The van der Waals surface area contributed by atoms with Gasteiger partial charge in [0.25, 0.3) is 5.91 Å². The summed E-state index contributed by atoms with van der Waals surface area (Å²) in [5.74, 6) is -0.849. The van der Waals surface area contributed by atoms with Crippen LogP contribution in [-0.2, 0) is 11.3 Å². The standard InChI is InChI=1S/C9H7FN2O2/c10-5-1-6-7(3-11-9(6)14)8(2-5)12-4-13/h1-2,4H,3H2,(H,11,14)(H,12,13). The van der Waals surface area contributed by atoms with Crippen molar-refractivity contribution in [2.24, 2.45) is 0 Å². The molecule has 0 fully saturated rings. The van der Waals surface area contributed by atoms with Crippen molar-refractivity contribution in [3.63, 3.8) is 0 Å². The lowest BCUT2D eigenvalue weighted by Gasteiger charge is -2.04. The third kappa shape index (κ3) is 1.22. The highest BCUT2D eigenvalue weighted by atomic mass is 19.1. The van der Waals surface area contributed by atoms with Crippen LogP contribution in [-0.4, -0.2) is 12.3 Å². The molecule has 1 aromatic rings. The van der Waals surface area contributed by atoms with Gasteiger partial charge in [-0.15, -0.1) is 0 Å². The number of halogens is 1. The van der Waals surface area contributed by atoms with E-state index in [1.807, 2.05) is 0 Å². The molecule has 2 N–H and O–H groups in total. The second kappa shape index (κ2) is 3.10. The van der Waals surface area contributed by atoms with Gasteiger partial charge in [-0.2, -0.15) is 0 Å². The Labute approximate surface area is 79.1 Å². The van der Waals surface area contributed by atoms with E-state index >= 15 is 0 Å². The third-order valence-electron chi connectivity index (χ3n) is 2.10. The molecule has 0 bridgehead atoms. The number of carbonyl (C=O) groups excluding carboxylic acids is 2. The molecule has 0 radical (unpaired) electrons. The summed E-state index contributed by atoms with van der Waals surface area (Å²) < 4.78 is 13.0. The molecular formula is C9H7FN2O2. The highest BCUT2D eigenvalue weighted by Gasteiger charge is 2.22. The van der Waals surface area contributed by atoms with Gasteiger partial charge >= 0.3 is 0 Å². The van der Waals surface area contributed by atoms with Crippen LogP contribution in [0.5, 0.6) is 0 Å². The highest BCUT2D eigenvalue weighted by Crippen LogP contribution is 2.25. The molecule has 4 nitrogen and oxygen atoms in total. The Morgan fingerprint density at radius 3 is 3.00 bits per heavy atom. The molecule has 0 saturated heterocycles. The van der Waals surface area contributed by atoms with E-state index in [4.69, 9.17) is 0 Å². The maximum atomic E-state index is 13.0. The predicted octanol–water partition coefficient (Wildman–Crippen LogP) is 0.637. The van der Waals surface area contributed by atoms with Crippen molar-refractivity contribution >= 4 is 18.0 Å². The molecular weight excluding hydrogens is 187 g/mol. The monoisotopic (exact) mass is 194 g/mol. The highest BCUT2D eigenvalue weighted by molar-refractivity contribution is 6.00. The van der Waals surface area contributed by atoms with E-state index in [-0.39, 0.29) is 11.5 Å². The van der Waals surface area contributed by atoms with Gasteiger partial charge in [-0.25, -0.2) is 4.39 Å². The summed E-state index contributed by atoms with van der Waals surface area (Å²) in [5.41, 5.74) is 1.26.